The molecule has 1 unspecified atom stereocenters. The lowest BCUT2D eigenvalue weighted by molar-refractivity contribution is -0.141. The van der Waals surface area contributed by atoms with Crippen LogP contribution in [0.3, 0.4) is 0 Å². The minimum atomic E-state index is -0.733. The van der Waals surface area contributed by atoms with Gasteiger partial charge in [0, 0.05) is 24.2 Å². The number of benzene rings is 1. The maximum Gasteiger partial charge on any atom is 0.306 e. The molecule has 1 aromatic heterocycles. The number of para-hydroxylation sites is 1. The second-order valence-corrected chi connectivity index (χ2v) is 4.79. The Morgan fingerprint density at radius 2 is 2.11 bits per heavy atom. The van der Waals surface area contributed by atoms with Gasteiger partial charge in [-0.3, -0.25) is 4.79 Å². The molecule has 0 fully saturated rings. The Balaban J connectivity index is 2.42. The van der Waals surface area contributed by atoms with Crippen molar-refractivity contribution < 1.29 is 9.90 Å². The van der Waals surface area contributed by atoms with Gasteiger partial charge in [-0.05, 0) is 23.9 Å². The van der Waals surface area contributed by atoms with E-state index in [0.717, 1.165) is 18.7 Å². The number of carboxylic acid groups (broad SMARTS) is 1. The SMILES string of the molecule is CCCn1c(CC(C)C(=O)O)cc2ccccc21. The van der Waals surface area contributed by atoms with Crippen molar-refractivity contribution in [2.75, 3.05) is 0 Å². The summed E-state index contributed by atoms with van der Waals surface area (Å²) in [5.74, 6) is -1.08. The first-order valence-electron chi connectivity index (χ1n) is 6.43. The van der Waals surface area contributed by atoms with Gasteiger partial charge < -0.3 is 9.67 Å². The predicted molar refractivity (Wildman–Crippen MR) is 72.7 cm³/mol. The van der Waals surface area contributed by atoms with Crippen LogP contribution in [0.25, 0.3) is 10.9 Å². The summed E-state index contributed by atoms with van der Waals surface area (Å²) < 4.78 is 2.24. The molecule has 1 aromatic carbocycles. The Morgan fingerprint density at radius 1 is 1.39 bits per heavy atom. The van der Waals surface area contributed by atoms with Gasteiger partial charge in [0.2, 0.25) is 0 Å². The third kappa shape index (κ3) is 2.40. The Bertz CT molecular complexity index is 557. The molecular formula is C15H19NO2. The van der Waals surface area contributed by atoms with Crippen molar-refractivity contribution in [2.45, 2.75) is 33.2 Å². The highest BCUT2D eigenvalue weighted by molar-refractivity contribution is 5.81. The minimum absolute atomic E-state index is 0.343. The van der Waals surface area contributed by atoms with Crippen LogP contribution in [0.5, 0.6) is 0 Å². The fraction of sp³-hybridized carbons (Fsp3) is 0.400. The van der Waals surface area contributed by atoms with Gasteiger partial charge in [-0.25, -0.2) is 0 Å². The van der Waals surface area contributed by atoms with Gasteiger partial charge in [0.25, 0.3) is 0 Å². The summed E-state index contributed by atoms with van der Waals surface area (Å²) in [6.07, 6.45) is 1.64. The van der Waals surface area contributed by atoms with Crippen molar-refractivity contribution in [2.24, 2.45) is 5.92 Å². The molecule has 1 atom stereocenters. The van der Waals surface area contributed by atoms with Gasteiger partial charge in [-0.15, -0.1) is 0 Å². The Kier molecular flexibility index (Phi) is 3.70. The molecule has 1 N–H and O–H groups in total. The molecule has 0 amide bonds. The summed E-state index contributed by atoms with van der Waals surface area (Å²) in [7, 11) is 0. The zero-order chi connectivity index (χ0) is 13.1. The quantitative estimate of drug-likeness (QED) is 0.878. The van der Waals surface area contributed by atoms with Crippen LogP contribution >= 0.6 is 0 Å². The van der Waals surface area contributed by atoms with E-state index in [1.54, 1.807) is 6.92 Å². The van der Waals surface area contributed by atoms with E-state index in [0.29, 0.717) is 6.42 Å². The van der Waals surface area contributed by atoms with Crippen molar-refractivity contribution in [1.82, 2.24) is 4.57 Å². The maximum absolute atomic E-state index is 11.0. The number of aliphatic carboxylic acids is 1. The van der Waals surface area contributed by atoms with Crippen LogP contribution in [0.1, 0.15) is 26.0 Å². The molecule has 0 bridgehead atoms. The van der Waals surface area contributed by atoms with Gasteiger partial charge in [-0.2, -0.15) is 0 Å². The average molecular weight is 245 g/mol. The normalized spacial score (nSPS) is 12.8. The first-order chi connectivity index (χ1) is 8.63. The molecule has 2 aromatic rings. The van der Waals surface area contributed by atoms with Crippen LogP contribution in [0.4, 0.5) is 0 Å². The zero-order valence-corrected chi connectivity index (χ0v) is 10.9. The standard InChI is InChI=1S/C15H19NO2/c1-3-8-16-13(9-11(2)15(17)18)10-12-6-4-5-7-14(12)16/h4-7,10-11H,3,8-9H2,1-2H3,(H,17,18). The molecule has 0 aliphatic rings. The highest BCUT2D eigenvalue weighted by Gasteiger charge is 2.15. The van der Waals surface area contributed by atoms with E-state index in [1.807, 2.05) is 12.1 Å². The van der Waals surface area contributed by atoms with Crippen molar-refractivity contribution in [3.8, 4) is 0 Å². The fourth-order valence-electron chi connectivity index (χ4n) is 2.33. The smallest absolute Gasteiger partial charge is 0.306 e. The van der Waals surface area contributed by atoms with E-state index in [4.69, 9.17) is 5.11 Å². The van der Waals surface area contributed by atoms with Crippen LogP contribution < -0.4 is 0 Å². The monoisotopic (exact) mass is 245 g/mol. The summed E-state index contributed by atoms with van der Waals surface area (Å²) in [5, 5.41) is 10.2. The molecule has 0 saturated heterocycles. The molecule has 2 rings (SSSR count). The maximum atomic E-state index is 11.0. The van der Waals surface area contributed by atoms with Gasteiger partial charge >= 0.3 is 5.97 Å². The van der Waals surface area contributed by atoms with Gasteiger partial charge in [0.15, 0.2) is 0 Å². The summed E-state index contributed by atoms with van der Waals surface area (Å²) in [4.78, 5) is 11.0. The van der Waals surface area contributed by atoms with E-state index in [2.05, 4.69) is 29.7 Å². The summed E-state index contributed by atoms with van der Waals surface area (Å²) in [5.41, 5.74) is 2.32. The highest BCUT2D eigenvalue weighted by atomic mass is 16.4. The average Bonchev–Trinajstić information content (AvgIpc) is 2.68. The lowest BCUT2D eigenvalue weighted by Gasteiger charge is -2.11. The molecule has 0 aliphatic heterocycles. The number of carboxylic acids is 1. The number of carbonyl (C=O) groups is 1. The Hall–Kier alpha value is -1.77. The lowest BCUT2D eigenvalue weighted by Crippen LogP contribution is -2.15. The first-order valence-corrected chi connectivity index (χ1v) is 6.43. The van der Waals surface area contributed by atoms with Crippen LogP contribution in [-0.2, 0) is 17.8 Å². The number of aryl methyl sites for hydroxylation is 1. The van der Waals surface area contributed by atoms with Crippen molar-refractivity contribution in [1.29, 1.82) is 0 Å². The Morgan fingerprint density at radius 3 is 2.78 bits per heavy atom. The van der Waals surface area contributed by atoms with E-state index in [1.165, 1.54) is 10.9 Å². The minimum Gasteiger partial charge on any atom is -0.481 e. The number of nitrogens with zero attached hydrogens (tertiary/aromatic N) is 1. The van der Waals surface area contributed by atoms with Gasteiger partial charge in [0.05, 0.1) is 5.92 Å². The van der Waals surface area contributed by atoms with Crippen LogP contribution in [0.15, 0.2) is 30.3 Å². The second kappa shape index (κ2) is 5.25. The molecule has 3 nitrogen and oxygen atoms in total. The molecule has 96 valence electrons. The summed E-state index contributed by atoms with van der Waals surface area (Å²) in [6, 6.07) is 10.3. The third-order valence-electron chi connectivity index (χ3n) is 3.28. The van der Waals surface area contributed by atoms with Gasteiger partial charge in [-0.1, -0.05) is 32.0 Å². The second-order valence-electron chi connectivity index (χ2n) is 4.79. The molecule has 0 saturated carbocycles. The van der Waals surface area contributed by atoms with Crippen molar-refractivity contribution in [3.63, 3.8) is 0 Å². The lowest BCUT2D eigenvalue weighted by atomic mass is 10.1. The van der Waals surface area contributed by atoms with E-state index in [9.17, 15) is 4.79 Å². The highest BCUT2D eigenvalue weighted by Crippen LogP contribution is 2.22. The van der Waals surface area contributed by atoms with E-state index >= 15 is 0 Å². The van der Waals surface area contributed by atoms with Crippen LogP contribution in [0.2, 0.25) is 0 Å². The summed E-state index contributed by atoms with van der Waals surface area (Å²) in [6.45, 7) is 4.84. The number of hydrogen-bond donors (Lipinski definition) is 1. The van der Waals surface area contributed by atoms with E-state index < -0.39 is 5.97 Å². The molecule has 0 aliphatic carbocycles. The topological polar surface area (TPSA) is 42.2 Å². The zero-order valence-electron chi connectivity index (χ0n) is 10.9. The molecular weight excluding hydrogens is 226 g/mol. The third-order valence-corrected chi connectivity index (χ3v) is 3.28. The predicted octanol–water partition coefficient (Wildman–Crippen LogP) is 3.31. The van der Waals surface area contributed by atoms with Crippen LogP contribution in [-0.4, -0.2) is 15.6 Å². The van der Waals surface area contributed by atoms with Crippen molar-refractivity contribution >= 4 is 16.9 Å². The number of aromatic nitrogens is 1. The molecule has 0 radical (unpaired) electrons. The van der Waals surface area contributed by atoms with Crippen LogP contribution in [0, 0.1) is 5.92 Å². The van der Waals surface area contributed by atoms with E-state index in [-0.39, 0.29) is 5.92 Å². The van der Waals surface area contributed by atoms with Crippen molar-refractivity contribution in [3.05, 3.63) is 36.0 Å². The first kappa shape index (κ1) is 12.7. The molecule has 18 heavy (non-hydrogen) atoms. The Labute approximate surface area is 107 Å². The molecule has 3 heteroatoms. The number of hydrogen-bond acceptors (Lipinski definition) is 1. The van der Waals surface area contributed by atoms with Gasteiger partial charge in [0.1, 0.15) is 0 Å². The molecule has 1 heterocycles. The largest absolute Gasteiger partial charge is 0.481 e. The molecule has 0 spiro atoms. The summed E-state index contributed by atoms with van der Waals surface area (Å²) >= 11 is 0. The number of rotatable bonds is 5. The fourth-order valence-corrected chi connectivity index (χ4v) is 2.33. The number of fused-ring (bicyclic) bond motifs is 1.